The van der Waals surface area contributed by atoms with Gasteiger partial charge in [-0.05, 0) is 55.6 Å². The molecule has 0 aliphatic carbocycles. The van der Waals surface area contributed by atoms with Crippen molar-refractivity contribution in [2.45, 2.75) is 45.2 Å². The lowest BCUT2D eigenvalue weighted by molar-refractivity contribution is 0.501. The molecule has 0 aromatic carbocycles. The first-order chi connectivity index (χ1) is 9.09. The number of halogens is 1. The van der Waals surface area contributed by atoms with Crippen LogP contribution in [0.2, 0.25) is 0 Å². The third kappa shape index (κ3) is 3.57. The molecule has 2 N–H and O–H groups in total. The minimum Gasteiger partial charge on any atom is -0.383 e. The van der Waals surface area contributed by atoms with Gasteiger partial charge in [0.05, 0.1) is 17.9 Å². The maximum Gasteiger partial charge on any atom is 0.283 e. The first kappa shape index (κ1) is 14.5. The lowest BCUT2D eigenvalue weighted by atomic mass is 10.1. The van der Waals surface area contributed by atoms with Crippen LogP contribution in [0.1, 0.15) is 39.2 Å². The molecule has 1 fully saturated rings. The van der Waals surface area contributed by atoms with Crippen LogP contribution in [-0.4, -0.2) is 28.9 Å². The zero-order chi connectivity index (χ0) is 13.8. The zero-order valence-electron chi connectivity index (χ0n) is 11.4. The average molecular weight is 329 g/mol. The third-order valence-electron chi connectivity index (χ3n) is 3.40. The van der Waals surface area contributed by atoms with E-state index in [2.05, 4.69) is 31.7 Å². The average Bonchev–Trinajstić information content (AvgIpc) is 2.87. The number of anilines is 1. The quantitative estimate of drug-likeness (QED) is 0.869. The molecule has 1 aromatic rings. The number of hydrogen-bond acceptors (Lipinski definition) is 4. The van der Waals surface area contributed by atoms with Gasteiger partial charge in [0.25, 0.3) is 5.56 Å². The minimum absolute atomic E-state index is 0.0699. The Labute approximate surface area is 121 Å². The second-order valence-electron chi connectivity index (χ2n) is 5.22. The van der Waals surface area contributed by atoms with Gasteiger partial charge in [0.15, 0.2) is 0 Å². The molecule has 1 aliphatic heterocycles. The molecule has 106 valence electrons. The van der Waals surface area contributed by atoms with E-state index in [9.17, 15) is 4.79 Å². The van der Waals surface area contributed by atoms with E-state index >= 15 is 0 Å². The number of nitrogens with one attached hydrogen (secondary N) is 2. The Balaban J connectivity index is 1.97. The van der Waals surface area contributed by atoms with Crippen molar-refractivity contribution < 1.29 is 0 Å². The van der Waals surface area contributed by atoms with Gasteiger partial charge in [-0.2, -0.15) is 5.10 Å². The molecule has 0 unspecified atom stereocenters. The predicted molar refractivity (Wildman–Crippen MR) is 80.7 cm³/mol. The van der Waals surface area contributed by atoms with Gasteiger partial charge < -0.3 is 10.6 Å². The van der Waals surface area contributed by atoms with Crippen LogP contribution in [0.25, 0.3) is 0 Å². The number of aromatic nitrogens is 2. The monoisotopic (exact) mass is 328 g/mol. The lowest BCUT2D eigenvalue weighted by Gasteiger charge is -2.14. The smallest absolute Gasteiger partial charge is 0.283 e. The largest absolute Gasteiger partial charge is 0.383 e. The molecule has 0 saturated carbocycles. The summed E-state index contributed by atoms with van der Waals surface area (Å²) >= 11 is 3.36. The third-order valence-corrected chi connectivity index (χ3v) is 4.17. The zero-order valence-corrected chi connectivity index (χ0v) is 13.0. The maximum absolute atomic E-state index is 12.1. The highest BCUT2D eigenvalue weighted by molar-refractivity contribution is 9.10. The summed E-state index contributed by atoms with van der Waals surface area (Å²) in [6.45, 7) is 5.86. The molecule has 1 aliphatic rings. The summed E-state index contributed by atoms with van der Waals surface area (Å²) in [4.78, 5) is 12.1. The van der Waals surface area contributed by atoms with Gasteiger partial charge in [0.2, 0.25) is 0 Å². The van der Waals surface area contributed by atoms with E-state index < -0.39 is 0 Å². The van der Waals surface area contributed by atoms with Crippen molar-refractivity contribution in [2.75, 3.05) is 18.4 Å². The summed E-state index contributed by atoms with van der Waals surface area (Å²) in [6.07, 6.45) is 5.30. The van der Waals surface area contributed by atoms with Crippen LogP contribution < -0.4 is 16.2 Å². The van der Waals surface area contributed by atoms with E-state index in [1.807, 2.05) is 13.8 Å². The summed E-state index contributed by atoms with van der Waals surface area (Å²) in [6, 6.07) is 0.677. The highest BCUT2D eigenvalue weighted by Crippen LogP contribution is 2.17. The molecular weight excluding hydrogens is 308 g/mol. The van der Waals surface area contributed by atoms with E-state index in [-0.39, 0.29) is 11.6 Å². The van der Waals surface area contributed by atoms with Gasteiger partial charge in [-0.3, -0.25) is 4.79 Å². The van der Waals surface area contributed by atoms with Crippen LogP contribution in [0.3, 0.4) is 0 Å². The topological polar surface area (TPSA) is 59.0 Å². The number of hydrogen-bond donors (Lipinski definition) is 2. The molecule has 6 heteroatoms. The van der Waals surface area contributed by atoms with Gasteiger partial charge in [0, 0.05) is 12.6 Å². The second kappa shape index (κ2) is 6.52. The van der Waals surface area contributed by atoms with Crippen molar-refractivity contribution in [3.8, 4) is 0 Å². The Morgan fingerprint density at radius 3 is 3.05 bits per heavy atom. The molecular formula is C13H21BrN4O. The van der Waals surface area contributed by atoms with Gasteiger partial charge in [-0.15, -0.1) is 0 Å². The van der Waals surface area contributed by atoms with Crippen LogP contribution in [-0.2, 0) is 0 Å². The van der Waals surface area contributed by atoms with E-state index in [0.29, 0.717) is 10.5 Å². The summed E-state index contributed by atoms with van der Waals surface area (Å²) in [5.41, 5.74) is 0.693. The van der Waals surface area contributed by atoms with Gasteiger partial charge >= 0.3 is 0 Å². The Morgan fingerprint density at radius 2 is 2.42 bits per heavy atom. The molecule has 1 atom stereocenters. The molecule has 1 aromatic heterocycles. The molecule has 19 heavy (non-hydrogen) atoms. The summed E-state index contributed by atoms with van der Waals surface area (Å²) < 4.78 is 2.05. The van der Waals surface area contributed by atoms with E-state index in [1.54, 1.807) is 6.20 Å². The van der Waals surface area contributed by atoms with Crippen molar-refractivity contribution >= 4 is 21.6 Å². The minimum atomic E-state index is -0.0843. The van der Waals surface area contributed by atoms with E-state index in [4.69, 9.17) is 0 Å². The molecule has 0 amide bonds. The fourth-order valence-electron chi connectivity index (χ4n) is 2.32. The van der Waals surface area contributed by atoms with Gasteiger partial charge in [0.1, 0.15) is 4.47 Å². The summed E-state index contributed by atoms with van der Waals surface area (Å²) in [7, 11) is 0. The summed E-state index contributed by atoms with van der Waals surface area (Å²) in [5, 5.41) is 10.9. The van der Waals surface area contributed by atoms with Crippen LogP contribution >= 0.6 is 15.9 Å². The fourth-order valence-corrected chi connectivity index (χ4v) is 2.74. The van der Waals surface area contributed by atoms with Crippen LogP contribution in [0.4, 0.5) is 5.69 Å². The number of nitrogens with zero attached hydrogens (tertiary/aromatic N) is 2. The van der Waals surface area contributed by atoms with Gasteiger partial charge in [-0.1, -0.05) is 0 Å². The van der Waals surface area contributed by atoms with Gasteiger partial charge in [-0.25, -0.2) is 4.68 Å². The molecule has 5 nitrogen and oxygen atoms in total. The van der Waals surface area contributed by atoms with Crippen LogP contribution in [0, 0.1) is 0 Å². The Hall–Kier alpha value is -0.880. The SMILES string of the molecule is CC(C)n1ncc(NCC[C@@H]2CCCN2)c(Br)c1=O. The molecule has 0 bridgehead atoms. The highest BCUT2D eigenvalue weighted by atomic mass is 79.9. The molecule has 0 radical (unpaired) electrons. The predicted octanol–water partition coefficient (Wildman–Crippen LogP) is 2.14. The Morgan fingerprint density at radius 1 is 1.63 bits per heavy atom. The second-order valence-corrected chi connectivity index (χ2v) is 6.02. The molecule has 1 saturated heterocycles. The van der Waals surface area contributed by atoms with Crippen LogP contribution in [0.15, 0.2) is 15.5 Å². The fraction of sp³-hybridized carbons (Fsp3) is 0.692. The first-order valence-corrected chi connectivity index (χ1v) is 7.63. The summed E-state index contributed by atoms with van der Waals surface area (Å²) in [5.74, 6) is 0. The van der Waals surface area contributed by atoms with E-state index in [0.717, 1.165) is 25.2 Å². The normalized spacial score (nSPS) is 19.1. The molecule has 0 spiro atoms. The Kier molecular flexibility index (Phi) is 4.99. The van der Waals surface area contributed by atoms with Crippen molar-refractivity contribution in [3.05, 3.63) is 21.0 Å². The number of rotatable bonds is 5. The Bertz CT molecular complexity index is 480. The first-order valence-electron chi connectivity index (χ1n) is 6.84. The van der Waals surface area contributed by atoms with Crippen molar-refractivity contribution in [3.63, 3.8) is 0 Å². The van der Waals surface area contributed by atoms with Crippen molar-refractivity contribution in [2.24, 2.45) is 0 Å². The standard InChI is InChI=1S/C13H21BrN4O/c1-9(2)18-13(19)12(14)11(8-17-18)16-7-5-10-4-3-6-15-10/h8-10,15-16H,3-7H2,1-2H3/t10-/m0/s1. The highest BCUT2D eigenvalue weighted by Gasteiger charge is 2.14. The van der Waals surface area contributed by atoms with Crippen molar-refractivity contribution in [1.82, 2.24) is 15.1 Å². The maximum atomic E-state index is 12.1. The molecule has 2 heterocycles. The van der Waals surface area contributed by atoms with E-state index in [1.165, 1.54) is 17.5 Å². The lowest BCUT2D eigenvalue weighted by Crippen LogP contribution is -2.27. The molecule has 2 rings (SSSR count). The van der Waals surface area contributed by atoms with Crippen molar-refractivity contribution in [1.29, 1.82) is 0 Å². The van der Waals surface area contributed by atoms with Crippen LogP contribution in [0.5, 0.6) is 0 Å².